The summed E-state index contributed by atoms with van der Waals surface area (Å²) in [6, 6.07) is 6.02. The van der Waals surface area contributed by atoms with E-state index in [9.17, 15) is 9.18 Å². The van der Waals surface area contributed by atoms with Gasteiger partial charge in [0.25, 0.3) is 5.89 Å². The molecule has 0 N–H and O–H groups in total. The fourth-order valence-electron chi connectivity index (χ4n) is 3.22. The number of benzene rings is 1. The molecule has 1 aromatic carbocycles. The predicted octanol–water partition coefficient (Wildman–Crippen LogP) is 2.61. The summed E-state index contributed by atoms with van der Waals surface area (Å²) in [5.74, 6) is 0.636. The zero-order valence-corrected chi connectivity index (χ0v) is 14.6. The third-order valence-electron chi connectivity index (χ3n) is 4.63. The molecule has 2 aromatic heterocycles. The number of aromatic nitrogens is 4. The minimum absolute atomic E-state index is 0.0175. The van der Waals surface area contributed by atoms with Gasteiger partial charge in [-0.3, -0.25) is 9.78 Å². The van der Waals surface area contributed by atoms with E-state index in [0.717, 1.165) is 18.4 Å². The van der Waals surface area contributed by atoms with Gasteiger partial charge in [-0.05, 0) is 30.5 Å². The van der Waals surface area contributed by atoms with Gasteiger partial charge < -0.3 is 9.42 Å². The fourth-order valence-corrected chi connectivity index (χ4v) is 3.22. The van der Waals surface area contributed by atoms with Gasteiger partial charge in [0.05, 0.1) is 12.6 Å². The van der Waals surface area contributed by atoms with Crippen LogP contribution >= 0.6 is 0 Å². The molecule has 0 bridgehead atoms. The zero-order chi connectivity index (χ0) is 18.6. The second-order valence-corrected chi connectivity index (χ2v) is 6.53. The molecule has 138 valence electrons. The number of rotatable bonds is 4. The van der Waals surface area contributed by atoms with Gasteiger partial charge in [-0.2, -0.15) is 4.98 Å². The van der Waals surface area contributed by atoms with Crippen LogP contribution in [0.4, 0.5) is 4.39 Å². The summed E-state index contributed by atoms with van der Waals surface area (Å²) in [5, 5.41) is 4.07. The molecule has 1 amide bonds. The van der Waals surface area contributed by atoms with Gasteiger partial charge in [-0.1, -0.05) is 17.3 Å². The van der Waals surface area contributed by atoms with E-state index in [0.29, 0.717) is 30.5 Å². The highest BCUT2D eigenvalue weighted by Crippen LogP contribution is 2.27. The van der Waals surface area contributed by atoms with Crippen LogP contribution in [0.15, 0.2) is 47.4 Å². The quantitative estimate of drug-likeness (QED) is 0.705. The molecule has 27 heavy (non-hydrogen) atoms. The number of halogens is 1. The lowest BCUT2D eigenvalue weighted by atomic mass is 9.96. The normalized spacial score (nSPS) is 17.1. The molecule has 1 aliphatic heterocycles. The molecule has 3 aromatic rings. The molecule has 0 unspecified atom stereocenters. The van der Waals surface area contributed by atoms with Crippen molar-refractivity contribution in [3.05, 3.63) is 60.1 Å². The fraction of sp³-hybridized carbons (Fsp3) is 0.316. The molecule has 0 saturated carbocycles. The highest BCUT2D eigenvalue weighted by atomic mass is 19.1. The standard InChI is InChI=1S/C19H18FN5O2/c20-15-5-3-13(4-6-15)10-17(26)25-9-1-2-14(12-25)18-23-19(27-24-18)16-11-21-7-8-22-16/h3-8,11,14H,1-2,9-10,12H2/t14-/m0/s1. The minimum atomic E-state index is -0.305. The van der Waals surface area contributed by atoms with Crippen molar-refractivity contribution in [3.8, 4) is 11.6 Å². The van der Waals surface area contributed by atoms with E-state index >= 15 is 0 Å². The number of hydrogen-bond acceptors (Lipinski definition) is 6. The Kier molecular flexibility index (Phi) is 4.86. The molecule has 1 atom stereocenters. The maximum Gasteiger partial charge on any atom is 0.278 e. The van der Waals surface area contributed by atoms with Crippen molar-refractivity contribution in [2.24, 2.45) is 0 Å². The summed E-state index contributed by atoms with van der Waals surface area (Å²) >= 11 is 0. The average molecular weight is 367 g/mol. The van der Waals surface area contributed by atoms with Crippen LogP contribution in [0.25, 0.3) is 11.6 Å². The van der Waals surface area contributed by atoms with Crippen molar-refractivity contribution < 1.29 is 13.7 Å². The van der Waals surface area contributed by atoms with E-state index in [2.05, 4.69) is 20.1 Å². The van der Waals surface area contributed by atoms with Crippen molar-refractivity contribution in [2.75, 3.05) is 13.1 Å². The van der Waals surface area contributed by atoms with Crippen LogP contribution in [0.2, 0.25) is 0 Å². The minimum Gasteiger partial charge on any atom is -0.342 e. The number of nitrogens with zero attached hydrogens (tertiary/aromatic N) is 5. The van der Waals surface area contributed by atoms with E-state index in [1.807, 2.05) is 4.90 Å². The van der Waals surface area contributed by atoms with Crippen molar-refractivity contribution >= 4 is 5.91 Å². The maximum atomic E-state index is 13.0. The Hall–Kier alpha value is -3.16. The number of likely N-dealkylation sites (tertiary alicyclic amines) is 1. The average Bonchev–Trinajstić information content (AvgIpc) is 3.21. The van der Waals surface area contributed by atoms with Gasteiger partial charge in [0, 0.05) is 31.4 Å². The molecule has 7 nitrogen and oxygen atoms in total. The summed E-state index contributed by atoms with van der Waals surface area (Å²) < 4.78 is 18.3. The smallest absolute Gasteiger partial charge is 0.278 e. The van der Waals surface area contributed by atoms with Gasteiger partial charge in [0.2, 0.25) is 5.91 Å². The Balaban J connectivity index is 1.43. The lowest BCUT2D eigenvalue weighted by Gasteiger charge is -2.31. The monoisotopic (exact) mass is 367 g/mol. The largest absolute Gasteiger partial charge is 0.342 e. The van der Waals surface area contributed by atoms with Gasteiger partial charge in [0.15, 0.2) is 5.82 Å². The molecule has 1 aliphatic rings. The second-order valence-electron chi connectivity index (χ2n) is 6.53. The summed E-state index contributed by atoms with van der Waals surface area (Å²) in [6.07, 6.45) is 6.72. The lowest BCUT2D eigenvalue weighted by Crippen LogP contribution is -2.40. The lowest BCUT2D eigenvalue weighted by molar-refractivity contribution is -0.131. The van der Waals surface area contributed by atoms with Gasteiger partial charge in [-0.15, -0.1) is 0 Å². The van der Waals surface area contributed by atoms with Crippen LogP contribution in [-0.4, -0.2) is 44.0 Å². The second kappa shape index (κ2) is 7.61. The Morgan fingerprint density at radius 1 is 1.26 bits per heavy atom. The third kappa shape index (κ3) is 3.99. The van der Waals surface area contributed by atoms with E-state index < -0.39 is 0 Å². The van der Waals surface area contributed by atoms with E-state index in [-0.39, 0.29) is 24.1 Å². The summed E-state index contributed by atoms with van der Waals surface area (Å²) in [4.78, 5) is 27.0. The Morgan fingerprint density at radius 3 is 2.89 bits per heavy atom. The topological polar surface area (TPSA) is 85.0 Å². The first-order valence-electron chi connectivity index (χ1n) is 8.81. The molecule has 0 spiro atoms. The highest BCUT2D eigenvalue weighted by molar-refractivity contribution is 5.79. The van der Waals surface area contributed by atoms with Gasteiger partial charge in [0.1, 0.15) is 11.5 Å². The molecular formula is C19H18FN5O2. The van der Waals surface area contributed by atoms with Crippen LogP contribution < -0.4 is 0 Å². The summed E-state index contributed by atoms with van der Waals surface area (Å²) in [6.45, 7) is 1.24. The third-order valence-corrected chi connectivity index (χ3v) is 4.63. The van der Waals surface area contributed by atoms with Gasteiger partial charge in [-0.25, -0.2) is 9.37 Å². The van der Waals surface area contributed by atoms with Crippen molar-refractivity contribution in [3.63, 3.8) is 0 Å². The number of carbonyl (C=O) groups excluding carboxylic acids is 1. The maximum absolute atomic E-state index is 13.0. The number of carbonyl (C=O) groups is 1. The summed E-state index contributed by atoms with van der Waals surface area (Å²) in [7, 11) is 0. The molecule has 3 heterocycles. The van der Waals surface area contributed by atoms with E-state index in [1.54, 1.807) is 30.7 Å². The molecule has 0 radical (unpaired) electrons. The van der Waals surface area contributed by atoms with Crippen molar-refractivity contribution in [1.29, 1.82) is 0 Å². The first-order chi connectivity index (χ1) is 13.2. The molecule has 8 heteroatoms. The first kappa shape index (κ1) is 17.3. The number of piperidine rings is 1. The highest BCUT2D eigenvalue weighted by Gasteiger charge is 2.28. The molecular weight excluding hydrogens is 349 g/mol. The van der Waals surface area contributed by atoms with Gasteiger partial charge >= 0.3 is 0 Å². The predicted molar refractivity (Wildman–Crippen MR) is 94.0 cm³/mol. The van der Waals surface area contributed by atoms with Crippen LogP contribution in [0.5, 0.6) is 0 Å². The first-order valence-corrected chi connectivity index (χ1v) is 8.81. The van der Waals surface area contributed by atoms with Crippen molar-refractivity contribution in [1.82, 2.24) is 25.0 Å². The van der Waals surface area contributed by atoms with Crippen LogP contribution in [0.1, 0.15) is 30.1 Å². The van der Waals surface area contributed by atoms with E-state index in [4.69, 9.17) is 4.52 Å². The molecule has 4 rings (SSSR count). The summed E-state index contributed by atoms with van der Waals surface area (Å²) in [5.41, 5.74) is 1.32. The number of amides is 1. The zero-order valence-electron chi connectivity index (χ0n) is 14.6. The SMILES string of the molecule is O=C(Cc1ccc(F)cc1)N1CCC[C@H](c2noc(-c3cnccn3)n2)C1. The molecule has 1 fully saturated rings. The molecule has 0 aliphatic carbocycles. The van der Waals surface area contributed by atoms with E-state index in [1.165, 1.54) is 12.1 Å². The Morgan fingerprint density at radius 2 is 2.11 bits per heavy atom. The molecule has 1 saturated heterocycles. The van der Waals surface area contributed by atoms with Crippen LogP contribution in [0, 0.1) is 5.82 Å². The van der Waals surface area contributed by atoms with Crippen LogP contribution in [0.3, 0.4) is 0 Å². The van der Waals surface area contributed by atoms with Crippen molar-refractivity contribution in [2.45, 2.75) is 25.2 Å². The van der Waals surface area contributed by atoms with Crippen LogP contribution in [-0.2, 0) is 11.2 Å². The Labute approximate surface area is 155 Å². The number of hydrogen-bond donors (Lipinski definition) is 0. The Bertz CT molecular complexity index is 913.